The molecule has 0 aliphatic heterocycles. The molecule has 0 atom stereocenters. The van der Waals surface area contributed by atoms with Crippen LogP contribution in [0.2, 0.25) is 0 Å². The summed E-state index contributed by atoms with van der Waals surface area (Å²) in [5.74, 6) is 1.84. The molecule has 1 aromatic rings. The van der Waals surface area contributed by atoms with E-state index in [0.717, 1.165) is 57.2 Å². The van der Waals surface area contributed by atoms with Gasteiger partial charge in [-0.2, -0.15) is 0 Å². The molecular weight excluding hydrogens is 394 g/mol. The summed E-state index contributed by atoms with van der Waals surface area (Å²) in [6.07, 6.45) is 19.2. The molecule has 0 heterocycles. The molecule has 1 rings (SSSR count). The minimum absolute atomic E-state index is 0.773. The topological polar surface area (TPSA) is 21.7 Å². The summed E-state index contributed by atoms with van der Waals surface area (Å²) >= 11 is 0. The summed E-state index contributed by atoms with van der Waals surface area (Å²) in [4.78, 5) is 2.31. The Morgan fingerprint density at radius 3 is 1.53 bits per heavy atom. The third-order valence-corrected chi connectivity index (χ3v) is 5.65. The molecule has 0 unspecified atom stereocenters. The zero-order valence-corrected chi connectivity index (χ0v) is 21.1. The summed E-state index contributed by atoms with van der Waals surface area (Å²) in [6, 6.07) is 6.38. The molecule has 0 saturated heterocycles. The van der Waals surface area contributed by atoms with E-state index < -0.39 is 0 Å². The molecular formula is C29H49NO2. The number of hydrogen-bond donors (Lipinski definition) is 0. The van der Waals surface area contributed by atoms with Crippen LogP contribution in [0.25, 0.3) is 0 Å². The molecule has 182 valence electrons. The maximum Gasteiger partial charge on any atom is 0.123 e. The monoisotopic (exact) mass is 443 g/mol. The molecule has 0 bridgehead atoms. The van der Waals surface area contributed by atoms with E-state index in [0.29, 0.717) is 0 Å². The van der Waals surface area contributed by atoms with Crippen molar-refractivity contribution in [2.24, 2.45) is 0 Å². The summed E-state index contributed by atoms with van der Waals surface area (Å²) < 4.78 is 12.3. The Labute approximate surface area is 198 Å². The third kappa shape index (κ3) is 14.3. The first kappa shape index (κ1) is 28.3. The van der Waals surface area contributed by atoms with Crippen LogP contribution in [0.3, 0.4) is 0 Å². The Kier molecular flexibility index (Phi) is 17.6. The van der Waals surface area contributed by atoms with Crippen molar-refractivity contribution in [2.45, 2.75) is 97.4 Å². The number of benzene rings is 1. The zero-order chi connectivity index (χ0) is 23.3. The largest absolute Gasteiger partial charge is 0.493 e. The fourth-order valence-electron chi connectivity index (χ4n) is 3.86. The lowest BCUT2D eigenvalue weighted by molar-refractivity contribution is 0.286. The molecule has 32 heavy (non-hydrogen) atoms. The van der Waals surface area contributed by atoms with Crippen molar-refractivity contribution in [1.29, 1.82) is 0 Å². The second-order valence-corrected chi connectivity index (χ2v) is 8.82. The van der Waals surface area contributed by atoms with E-state index in [2.05, 4.69) is 50.1 Å². The van der Waals surface area contributed by atoms with E-state index in [1.54, 1.807) is 0 Å². The highest BCUT2D eigenvalue weighted by Gasteiger charge is 2.08. The molecule has 0 amide bonds. The van der Waals surface area contributed by atoms with Crippen molar-refractivity contribution in [1.82, 2.24) is 4.90 Å². The van der Waals surface area contributed by atoms with Crippen LogP contribution in [0.15, 0.2) is 43.5 Å². The maximum atomic E-state index is 6.13. The third-order valence-electron chi connectivity index (χ3n) is 5.65. The van der Waals surface area contributed by atoms with E-state index in [-0.39, 0.29) is 0 Å². The first-order chi connectivity index (χ1) is 15.7. The van der Waals surface area contributed by atoms with Gasteiger partial charge in [-0.15, -0.1) is 13.2 Å². The van der Waals surface area contributed by atoms with Gasteiger partial charge in [-0.3, -0.25) is 4.90 Å². The van der Waals surface area contributed by atoms with E-state index in [1.165, 1.54) is 69.8 Å². The first-order valence-corrected chi connectivity index (χ1v) is 13.1. The van der Waals surface area contributed by atoms with Crippen molar-refractivity contribution in [3.63, 3.8) is 0 Å². The fraction of sp³-hybridized carbons (Fsp3) is 0.655. The summed E-state index contributed by atoms with van der Waals surface area (Å²) in [5.41, 5.74) is 1.21. The van der Waals surface area contributed by atoms with Gasteiger partial charge in [0.1, 0.15) is 11.5 Å². The fourth-order valence-corrected chi connectivity index (χ4v) is 3.86. The Hall–Kier alpha value is -1.74. The summed E-state index contributed by atoms with van der Waals surface area (Å²) in [7, 11) is 0. The van der Waals surface area contributed by atoms with Gasteiger partial charge in [-0.1, -0.05) is 90.2 Å². The van der Waals surface area contributed by atoms with E-state index in [9.17, 15) is 0 Å². The SMILES string of the molecule is C=CCN(CC=C)Cc1cc(OCCCCCCCC)cc(OCCCCCCCC)c1. The molecule has 0 aliphatic rings. The normalized spacial score (nSPS) is 11.0. The zero-order valence-electron chi connectivity index (χ0n) is 21.1. The average Bonchev–Trinajstić information content (AvgIpc) is 2.78. The molecule has 0 aromatic heterocycles. The van der Waals surface area contributed by atoms with E-state index in [4.69, 9.17) is 9.47 Å². The van der Waals surface area contributed by atoms with Gasteiger partial charge in [0.05, 0.1) is 13.2 Å². The van der Waals surface area contributed by atoms with Crippen molar-refractivity contribution in [2.75, 3.05) is 26.3 Å². The van der Waals surface area contributed by atoms with Crippen LogP contribution >= 0.6 is 0 Å². The molecule has 0 aliphatic carbocycles. The van der Waals surface area contributed by atoms with Gasteiger partial charge in [0.2, 0.25) is 0 Å². The molecule has 0 N–H and O–H groups in total. The van der Waals surface area contributed by atoms with Gasteiger partial charge in [-0.25, -0.2) is 0 Å². The maximum absolute atomic E-state index is 6.13. The number of nitrogens with zero attached hydrogens (tertiary/aromatic N) is 1. The Morgan fingerprint density at radius 1 is 0.656 bits per heavy atom. The van der Waals surface area contributed by atoms with Crippen LogP contribution < -0.4 is 9.47 Å². The predicted molar refractivity (Wildman–Crippen MR) is 140 cm³/mol. The number of hydrogen-bond acceptors (Lipinski definition) is 3. The van der Waals surface area contributed by atoms with Gasteiger partial charge in [-0.05, 0) is 30.5 Å². The predicted octanol–water partition coefficient (Wildman–Crippen LogP) is 8.34. The lowest BCUT2D eigenvalue weighted by Crippen LogP contribution is -2.23. The van der Waals surface area contributed by atoms with Gasteiger partial charge >= 0.3 is 0 Å². The lowest BCUT2D eigenvalue weighted by atomic mass is 10.1. The summed E-state index contributed by atoms with van der Waals surface area (Å²) in [6.45, 7) is 16.3. The van der Waals surface area contributed by atoms with Crippen LogP contribution in [0, 0.1) is 0 Å². The average molecular weight is 444 g/mol. The molecule has 0 spiro atoms. The number of ether oxygens (including phenoxy) is 2. The number of unbranched alkanes of at least 4 members (excludes halogenated alkanes) is 10. The summed E-state index contributed by atoms with van der Waals surface area (Å²) in [5, 5.41) is 0. The number of rotatable bonds is 22. The molecule has 0 radical (unpaired) electrons. The molecule has 0 saturated carbocycles. The minimum Gasteiger partial charge on any atom is -0.493 e. The Bertz CT molecular complexity index is 553. The Balaban J connectivity index is 2.62. The first-order valence-electron chi connectivity index (χ1n) is 13.1. The molecule has 3 heteroatoms. The molecule has 3 nitrogen and oxygen atoms in total. The molecule has 1 aromatic carbocycles. The van der Waals surface area contributed by atoms with Crippen LogP contribution in [-0.2, 0) is 6.54 Å². The van der Waals surface area contributed by atoms with Crippen molar-refractivity contribution in [3.8, 4) is 11.5 Å². The van der Waals surface area contributed by atoms with Crippen LogP contribution in [0.5, 0.6) is 11.5 Å². The Morgan fingerprint density at radius 2 is 1.09 bits per heavy atom. The van der Waals surface area contributed by atoms with E-state index in [1.807, 2.05) is 12.2 Å². The quantitative estimate of drug-likeness (QED) is 0.133. The van der Waals surface area contributed by atoms with Gasteiger partial charge in [0, 0.05) is 25.7 Å². The second kappa shape index (κ2) is 19.9. The highest BCUT2D eigenvalue weighted by Crippen LogP contribution is 2.25. The minimum atomic E-state index is 0.773. The van der Waals surface area contributed by atoms with Gasteiger partial charge in [0.25, 0.3) is 0 Å². The van der Waals surface area contributed by atoms with Crippen LogP contribution in [-0.4, -0.2) is 31.2 Å². The van der Waals surface area contributed by atoms with Gasteiger partial charge < -0.3 is 9.47 Å². The smallest absolute Gasteiger partial charge is 0.123 e. The van der Waals surface area contributed by atoms with Crippen LogP contribution in [0.4, 0.5) is 0 Å². The van der Waals surface area contributed by atoms with Crippen molar-refractivity contribution >= 4 is 0 Å². The van der Waals surface area contributed by atoms with Crippen molar-refractivity contribution in [3.05, 3.63) is 49.1 Å². The standard InChI is InChI=1S/C29H49NO2/c1-5-9-11-13-15-17-21-31-28-23-27(26-30(19-7-3)20-8-4)24-29(25-28)32-22-18-16-14-12-10-6-2/h7-8,23-25H,3-6,9-22,26H2,1-2H3. The van der Waals surface area contributed by atoms with E-state index >= 15 is 0 Å². The highest BCUT2D eigenvalue weighted by atomic mass is 16.5. The second-order valence-electron chi connectivity index (χ2n) is 8.82. The van der Waals surface area contributed by atoms with Crippen molar-refractivity contribution < 1.29 is 9.47 Å². The lowest BCUT2D eigenvalue weighted by Gasteiger charge is -2.20. The van der Waals surface area contributed by atoms with Gasteiger partial charge in [0.15, 0.2) is 0 Å². The van der Waals surface area contributed by atoms with Crippen LogP contribution in [0.1, 0.15) is 96.5 Å². The highest BCUT2D eigenvalue weighted by molar-refractivity contribution is 5.38. The molecule has 0 fully saturated rings.